The van der Waals surface area contributed by atoms with Gasteiger partial charge in [-0.3, -0.25) is 4.79 Å². The van der Waals surface area contributed by atoms with Crippen LogP contribution in [0, 0.1) is 0 Å². The number of aryl methyl sites for hydroxylation is 1. The van der Waals surface area contributed by atoms with Crippen molar-refractivity contribution in [3.05, 3.63) is 47.0 Å². The van der Waals surface area contributed by atoms with Gasteiger partial charge >= 0.3 is 5.97 Å². The summed E-state index contributed by atoms with van der Waals surface area (Å²) >= 11 is 6.34. The molecule has 176 valence electrons. The van der Waals surface area contributed by atoms with E-state index in [0.29, 0.717) is 48.5 Å². The van der Waals surface area contributed by atoms with E-state index in [-0.39, 0.29) is 12.1 Å². The topological polar surface area (TPSA) is 83.7 Å². The summed E-state index contributed by atoms with van der Waals surface area (Å²) < 4.78 is 21.9. The van der Waals surface area contributed by atoms with Crippen molar-refractivity contribution in [2.75, 3.05) is 13.2 Å². The summed E-state index contributed by atoms with van der Waals surface area (Å²) in [5, 5.41) is 4.65. The number of hydrogen-bond donors (Lipinski definition) is 0. The first-order valence-electron chi connectivity index (χ1n) is 11.1. The highest BCUT2D eigenvalue weighted by molar-refractivity contribution is 6.32. The Morgan fingerprint density at radius 3 is 2.67 bits per heavy atom. The summed E-state index contributed by atoms with van der Waals surface area (Å²) in [6.07, 6.45) is 1.74. The van der Waals surface area contributed by atoms with Gasteiger partial charge in [0.1, 0.15) is 11.5 Å². The number of benzene rings is 2. The monoisotopic (exact) mass is 472 g/mol. The molecule has 0 radical (unpaired) electrons. The highest BCUT2D eigenvalue weighted by atomic mass is 35.5. The van der Waals surface area contributed by atoms with Crippen LogP contribution in [0.2, 0.25) is 5.02 Å². The zero-order valence-electron chi connectivity index (χ0n) is 19.4. The zero-order valence-corrected chi connectivity index (χ0v) is 20.1. The highest BCUT2D eigenvalue weighted by Crippen LogP contribution is 2.32. The Morgan fingerprint density at radius 2 is 1.97 bits per heavy atom. The Labute approximate surface area is 199 Å². The lowest BCUT2D eigenvalue weighted by molar-refractivity contribution is -0.143. The molecule has 7 nitrogen and oxygen atoms in total. The molecule has 3 rings (SSSR count). The summed E-state index contributed by atoms with van der Waals surface area (Å²) in [5.41, 5.74) is 2.62. The van der Waals surface area contributed by atoms with Crippen LogP contribution in [-0.2, 0) is 16.0 Å². The fourth-order valence-electron chi connectivity index (χ4n) is 3.24. The van der Waals surface area contributed by atoms with Gasteiger partial charge in [0.2, 0.25) is 5.82 Å². The van der Waals surface area contributed by atoms with Crippen molar-refractivity contribution in [3.63, 3.8) is 0 Å². The van der Waals surface area contributed by atoms with E-state index in [1.54, 1.807) is 19.1 Å². The van der Waals surface area contributed by atoms with Crippen LogP contribution < -0.4 is 9.47 Å². The van der Waals surface area contributed by atoms with Crippen molar-refractivity contribution in [3.8, 4) is 34.3 Å². The SMILES string of the molecule is CCOC(=O)CCCOc1ccc(-c2noc(-c3ccc(OC(C)C)c(Cl)c3)n2)c(CC)c1. The average Bonchev–Trinajstić information content (AvgIpc) is 3.28. The summed E-state index contributed by atoms with van der Waals surface area (Å²) in [6.45, 7) is 8.56. The smallest absolute Gasteiger partial charge is 0.305 e. The van der Waals surface area contributed by atoms with Crippen molar-refractivity contribution in [1.82, 2.24) is 10.1 Å². The molecule has 0 aliphatic rings. The van der Waals surface area contributed by atoms with Gasteiger partial charge in [0.15, 0.2) is 0 Å². The van der Waals surface area contributed by atoms with Crippen molar-refractivity contribution < 1.29 is 23.5 Å². The van der Waals surface area contributed by atoms with Crippen LogP contribution in [0.25, 0.3) is 22.8 Å². The Hall–Kier alpha value is -3.06. The summed E-state index contributed by atoms with van der Waals surface area (Å²) in [6, 6.07) is 11.1. The van der Waals surface area contributed by atoms with Gasteiger partial charge in [-0.25, -0.2) is 0 Å². The minimum Gasteiger partial charge on any atom is -0.494 e. The second kappa shape index (κ2) is 11.7. The third-order valence-electron chi connectivity index (χ3n) is 4.77. The Morgan fingerprint density at radius 1 is 1.15 bits per heavy atom. The lowest BCUT2D eigenvalue weighted by Crippen LogP contribution is -2.06. The van der Waals surface area contributed by atoms with Crippen LogP contribution >= 0.6 is 11.6 Å². The zero-order chi connectivity index (χ0) is 23.8. The maximum absolute atomic E-state index is 11.4. The van der Waals surface area contributed by atoms with Gasteiger partial charge in [0.25, 0.3) is 5.89 Å². The Kier molecular flexibility index (Phi) is 8.72. The molecule has 0 saturated carbocycles. The molecule has 0 unspecified atom stereocenters. The van der Waals surface area contributed by atoms with E-state index in [1.807, 2.05) is 38.1 Å². The number of carbonyl (C=O) groups is 1. The lowest BCUT2D eigenvalue weighted by Gasteiger charge is -2.11. The molecule has 0 fully saturated rings. The van der Waals surface area contributed by atoms with Gasteiger partial charge in [-0.15, -0.1) is 0 Å². The highest BCUT2D eigenvalue weighted by Gasteiger charge is 2.16. The number of halogens is 1. The van der Waals surface area contributed by atoms with Crippen LogP contribution in [0.5, 0.6) is 11.5 Å². The maximum Gasteiger partial charge on any atom is 0.305 e. The van der Waals surface area contributed by atoms with E-state index in [9.17, 15) is 4.79 Å². The minimum atomic E-state index is -0.206. The normalized spacial score (nSPS) is 11.0. The molecular weight excluding hydrogens is 444 g/mol. The number of ether oxygens (including phenoxy) is 3. The molecule has 0 atom stereocenters. The molecule has 0 saturated heterocycles. The van der Waals surface area contributed by atoms with Gasteiger partial charge in [-0.1, -0.05) is 23.7 Å². The molecule has 8 heteroatoms. The molecule has 1 aromatic heterocycles. The van der Waals surface area contributed by atoms with Crippen LogP contribution in [0.4, 0.5) is 0 Å². The van der Waals surface area contributed by atoms with Gasteiger partial charge in [-0.05, 0) is 75.6 Å². The third kappa shape index (κ3) is 6.71. The number of esters is 1. The molecule has 0 amide bonds. The first-order valence-corrected chi connectivity index (χ1v) is 11.5. The van der Waals surface area contributed by atoms with Crippen molar-refractivity contribution in [2.45, 2.75) is 53.1 Å². The molecule has 33 heavy (non-hydrogen) atoms. The number of aromatic nitrogens is 2. The molecule has 0 aliphatic heterocycles. The molecule has 0 N–H and O–H groups in total. The minimum absolute atomic E-state index is 0.0281. The van der Waals surface area contributed by atoms with E-state index in [0.717, 1.165) is 28.9 Å². The van der Waals surface area contributed by atoms with E-state index < -0.39 is 0 Å². The molecule has 2 aromatic carbocycles. The molecule has 1 heterocycles. The van der Waals surface area contributed by atoms with E-state index in [1.165, 1.54) is 0 Å². The summed E-state index contributed by atoms with van der Waals surface area (Å²) in [4.78, 5) is 16.0. The Balaban J connectivity index is 1.70. The van der Waals surface area contributed by atoms with E-state index in [4.69, 9.17) is 30.3 Å². The Bertz CT molecular complexity index is 1080. The second-order valence-electron chi connectivity index (χ2n) is 7.66. The van der Waals surface area contributed by atoms with E-state index >= 15 is 0 Å². The van der Waals surface area contributed by atoms with Crippen molar-refractivity contribution in [2.24, 2.45) is 0 Å². The summed E-state index contributed by atoms with van der Waals surface area (Å²) in [5.74, 6) is 2.01. The van der Waals surface area contributed by atoms with E-state index in [2.05, 4.69) is 17.1 Å². The molecule has 0 spiro atoms. The first-order chi connectivity index (χ1) is 15.9. The largest absolute Gasteiger partial charge is 0.494 e. The molecule has 0 aliphatic carbocycles. The van der Waals surface area contributed by atoms with Crippen LogP contribution in [0.15, 0.2) is 40.9 Å². The lowest BCUT2D eigenvalue weighted by atomic mass is 10.0. The quantitative estimate of drug-likeness (QED) is 0.245. The summed E-state index contributed by atoms with van der Waals surface area (Å²) in [7, 11) is 0. The number of hydrogen-bond acceptors (Lipinski definition) is 7. The number of nitrogens with zero attached hydrogens (tertiary/aromatic N) is 2. The van der Waals surface area contributed by atoms with Crippen molar-refractivity contribution >= 4 is 17.6 Å². The van der Waals surface area contributed by atoms with Crippen LogP contribution in [0.1, 0.15) is 46.1 Å². The molecule has 3 aromatic rings. The number of carbonyl (C=O) groups excluding carboxylic acids is 1. The molecular formula is C25H29ClN2O5. The maximum atomic E-state index is 11.4. The first kappa shape index (κ1) is 24.6. The predicted octanol–water partition coefficient (Wildman–Crippen LogP) is 6.13. The van der Waals surface area contributed by atoms with Gasteiger partial charge < -0.3 is 18.7 Å². The fraction of sp³-hybridized carbons (Fsp3) is 0.400. The third-order valence-corrected chi connectivity index (χ3v) is 5.06. The van der Waals surface area contributed by atoms with Gasteiger partial charge in [0, 0.05) is 17.5 Å². The number of rotatable bonds is 11. The van der Waals surface area contributed by atoms with Gasteiger partial charge in [0.05, 0.1) is 24.3 Å². The van der Waals surface area contributed by atoms with Crippen molar-refractivity contribution in [1.29, 1.82) is 0 Å². The standard InChI is InChI=1S/C25H29ClN2O5/c1-5-17-14-19(31-13-7-8-23(29)30-6-2)10-11-20(17)24-27-25(33-28-24)18-9-12-22(21(26)15-18)32-16(3)4/h9-12,14-16H,5-8,13H2,1-4H3. The molecule has 0 bridgehead atoms. The van der Waals surface area contributed by atoms with Crippen LogP contribution in [-0.4, -0.2) is 35.4 Å². The predicted molar refractivity (Wildman–Crippen MR) is 127 cm³/mol. The average molecular weight is 473 g/mol. The van der Waals surface area contributed by atoms with Crippen LogP contribution in [0.3, 0.4) is 0 Å². The fourth-order valence-corrected chi connectivity index (χ4v) is 3.47. The van der Waals surface area contributed by atoms with Gasteiger partial charge in [-0.2, -0.15) is 4.98 Å². The second-order valence-corrected chi connectivity index (χ2v) is 8.07.